The highest BCUT2D eigenvalue weighted by atomic mass is 32.2. The van der Waals surface area contributed by atoms with Crippen molar-refractivity contribution in [3.8, 4) is 5.75 Å². The first-order valence-electron chi connectivity index (χ1n) is 6.14. The van der Waals surface area contributed by atoms with Gasteiger partial charge in [-0.1, -0.05) is 11.8 Å². The lowest BCUT2D eigenvalue weighted by atomic mass is 10.3. The lowest BCUT2D eigenvalue weighted by Gasteiger charge is -2.11. The van der Waals surface area contributed by atoms with E-state index in [1.807, 2.05) is 0 Å². The minimum Gasteiger partial charge on any atom is -0.435 e. The fraction of sp³-hybridized carbons (Fsp3) is 0.250. The van der Waals surface area contributed by atoms with Crippen molar-refractivity contribution in [3.05, 3.63) is 24.3 Å². The largest absolute Gasteiger partial charge is 0.435 e. The number of nitrogen functional groups attached to an aromatic ring is 1. The Morgan fingerprint density at radius 3 is 2.64 bits per heavy atom. The Bertz CT molecular complexity index is 635. The van der Waals surface area contributed by atoms with Crippen LogP contribution in [-0.4, -0.2) is 32.9 Å². The second-order valence-electron chi connectivity index (χ2n) is 4.16. The van der Waals surface area contributed by atoms with E-state index < -0.39 is 11.9 Å². The van der Waals surface area contributed by atoms with E-state index in [2.05, 4.69) is 25.2 Å². The van der Waals surface area contributed by atoms with E-state index in [0.29, 0.717) is 10.8 Å². The molecule has 0 saturated heterocycles. The van der Waals surface area contributed by atoms with Crippen molar-refractivity contribution in [1.29, 1.82) is 0 Å². The summed E-state index contributed by atoms with van der Waals surface area (Å²) in [6.07, 6.45) is 0. The molecule has 0 saturated carbocycles. The minimum absolute atomic E-state index is 0.0200. The maximum Gasteiger partial charge on any atom is 0.387 e. The van der Waals surface area contributed by atoms with Crippen LogP contribution in [0.3, 0.4) is 0 Å². The van der Waals surface area contributed by atoms with Crippen LogP contribution in [-0.2, 0) is 4.79 Å². The summed E-state index contributed by atoms with van der Waals surface area (Å²) in [7, 11) is 0. The summed E-state index contributed by atoms with van der Waals surface area (Å²) in [5.74, 6) is -0.0905. The molecule has 0 radical (unpaired) electrons. The third-order valence-electron chi connectivity index (χ3n) is 2.48. The van der Waals surface area contributed by atoms with Gasteiger partial charge in [-0.25, -0.2) is 5.10 Å². The summed E-state index contributed by atoms with van der Waals surface area (Å²) in [5, 5.41) is 8.84. The molecule has 1 unspecified atom stereocenters. The molecule has 0 aliphatic rings. The summed E-state index contributed by atoms with van der Waals surface area (Å²) in [6, 6.07) is 5.63. The zero-order valence-corrected chi connectivity index (χ0v) is 12.2. The lowest BCUT2D eigenvalue weighted by Crippen LogP contribution is -2.22. The molecule has 4 N–H and O–H groups in total. The van der Waals surface area contributed by atoms with Crippen molar-refractivity contribution in [2.45, 2.75) is 23.9 Å². The van der Waals surface area contributed by atoms with Crippen molar-refractivity contribution < 1.29 is 18.3 Å². The summed E-state index contributed by atoms with van der Waals surface area (Å²) in [5.41, 5.74) is 5.86. The Labute approximate surface area is 128 Å². The number of amides is 1. The molecule has 7 nitrogen and oxygen atoms in total. The molecule has 1 atom stereocenters. The second-order valence-corrected chi connectivity index (χ2v) is 5.46. The van der Waals surface area contributed by atoms with Gasteiger partial charge in [0.1, 0.15) is 5.75 Å². The molecule has 0 aliphatic carbocycles. The van der Waals surface area contributed by atoms with Crippen LogP contribution < -0.4 is 15.8 Å². The summed E-state index contributed by atoms with van der Waals surface area (Å²) >= 11 is 1.13. The van der Waals surface area contributed by atoms with Crippen LogP contribution in [0.4, 0.5) is 20.4 Å². The molecule has 118 valence electrons. The van der Waals surface area contributed by atoms with Crippen LogP contribution >= 0.6 is 11.8 Å². The van der Waals surface area contributed by atoms with E-state index in [9.17, 15) is 13.6 Å². The minimum atomic E-state index is -2.88. The highest BCUT2D eigenvalue weighted by Gasteiger charge is 2.17. The van der Waals surface area contributed by atoms with Crippen molar-refractivity contribution in [1.82, 2.24) is 15.2 Å². The van der Waals surface area contributed by atoms with Gasteiger partial charge in [-0.05, 0) is 31.2 Å². The van der Waals surface area contributed by atoms with Gasteiger partial charge in [0.05, 0.1) is 5.25 Å². The van der Waals surface area contributed by atoms with E-state index in [1.54, 1.807) is 6.92 Å². The smallest absolute Gasteiger partial charge is 0.387 e. The summed E-state index contributed by atoms with van der Waals surface area (Å²) in [4.78, 5) is 15.9. The number of H-pyrrole nitrogens is 1. The third kappa shape index (κ3) is 4.58. The van der Waals surface area contributed by atoms with Crippen LogP contribution in [0.25, 0.3) is 0 Å². The number of rotatable bonds is 6. The zero-order valence-electron chi connectivity index (χ0n) is 11.4. The number of ether oxygens (including phenoxy) is 1. The first kappa shape index (κ1) is 16.0. The summed E-state index contributed by atoms with van der Waals surface area (Å²) < 4.78 is 28.3. The number of alkyl halides is 2. The molecule has 2 rings (SSSR count). The molecule has 1 aromatic heterocycles. The molecule has 22 heavy (non-hydrogen) atoms. The number of carbonyl (C=O) groups is 1. The predicted octanol–water partition coefficient (Wildman–Crippen LogP) is 2.11. The number of anilines is 2. The van der Waals surface area contributed by atoms with Crippen LogP contribution in [0.1, 0.15) is 6.92 Å². The standard InChI is InChI=1S/C12H13F2N5O2S/c1-6(22-12-17-11(15)18-19-12)9(20)16-7-2-4-8(5-3-7)21-10(13)14/h2-6,10H,1H3,(H,16,20)(H3,15,17,18,19). The molecule has 0 spiro atoms. The monoisotopic (exact) mass is 329 g/mol. The Hall–Kier alpha value is -2.36. The molecule has 0 aliphatic heterocycles. The predicted molar refractivity (Wildman–Crippen MR) is 77.8 cm³/mol. The van der Waals surface area contributed by atoms with Gasteiger partial charge >= 0.3 is 6.61 Å². The average molecular weight is 329 g/mol. The van der Waals surface area contributed by atoms with Crippen LogP contribution in [0.2, 0.25) is 0 Å². The molecule has 10 heteroatoms. The van der Waals surface area contributed by atoms with Gasteiger partial charge in [-0.2, -0.15) is 13.8 Å². The highest BCUT2D eigenvalue weighted by Crippen LogP contribution is 2.22. The number of nitrogens with two attached hydrogens (primary N) is 1. The van der Waals surface area contributed by atoms with Crippen molar-refractivity contribution in [3.63, 3.8) is 0 Å². The number of aromatic nitrogens is 3. The van der Waals surface area contributed by atoms with Gasteiger partial charge in [0, 0.05) is 5.69 Å². The van der Waals surface area contributed by atoms with Gasteiger partial charge < -0.3 is 15.8 Å². The second kappa shape index (κ2) is 7.07. The van der Waals surface area contributed by atoms with E-state index in [-0.39, 0.29) is 17.6 Å². The van der Waals surface area contributed by atoms with E-state index >= 15 is 0 Å². The number of carbonyl (C=O) groups excluding carboxylic acids is 1. The molecule has 1 aromatic carbocycles. The van der Waals surface area contributed by atoms with E-state index in [1.165, 1.54) is 24.3 Å². The molecule has 1 amide bonds. The first-order chi connectivity index (χ1) is 10.4. The van der Waals surface area contributed by atoms with Gasteiger partial charge in [0.25, 0.3) is 0 Å². The Morgan fingerprint density at radius 1 is 1.41 bits per heavy atom. The number of benzene rings is 1. The van der Waals surface area contributed by atoms with Gasteiger partial charge in [0.15, 0.2) is 0 Å². The quantitative estimate of drug-likeness (QED) is 0.701. The van der Waals surface area contributed by atoms with E-state index in [4.69, 9.17) is 5.73 Å². The van der Waals surface area contributed by atoms with Crippen molar-refractivity contribution in [2.24, 2.45) is 0 Å². The SMILES string of the molecule is CC(Sc1n[nH]c(N)n1)C(=O)Nc1ccc(OC(F)F)cc1. The molecule has 2 aromatic rings. The number of halogens is 2. The number of hydrogen-bond acceptors (Lipinski definition) is 6. The molecular weight excluding hydrogens is 316 g/mol. The van der Waals surface area contributed by atoms with Crippen LogP contribution in [0.15, 0.2) is 29.4 Å². The maximum absolute atomic E-state index is 12.0. The zero-order chi connectivity index (χ0) is 16.1. The summed E-state index contributed by atoms with van der Waals surface area (Å²) in [6.45, 7) is -1.20. The van der Waals surface area contributed by atoms with Crippen LogP contribution in [0, 0.1) is 0 Å². The number of nitrogens with one attached hydrogen (secondary N) is 2. The molecular formula is C12H13F2N5O2S. The maximum atomic E-state index is 12.0. The fourth-order valence-corrected chi connectivity index (χ4v) is 2.22. The average Bonchev–Trinajstić information content (AvgIpc) is 2.85. The van der Waals surface area contributed by atoms with Crippen molar-refractivity contribution >= 4 is 29.3 Å². The molecule has 0 bridgehead atoms. The number of nitrogens with zero attached hydrogens (tertiary/aromatic N) is 2. The highest BCUT2D eigenvalue weighted by molar-refractivity contribution is 8.00. The number of hydrogen-bond donors (Lipinski definition) is 3. The van der Waals surface area contributed by atoms with E-state index in [0.717, 1.165) is 11.8 Å². The van der Waals surface area contributed by atoms with Gasteiger partial charge in [0.2, 0.25) is 17.0 Å². The molecule has 0 fully saturated rings. The van der Waals surface area contributed by atoms with Gasteiger partial charge in [-0.3, -0.25) is 4.79 Å². The Kier molecular flexibility index (Phi) is 5.15. The number of thioether (sulfide) groups is 1. The van der Waals surface area contributed by atoms with Gasteiger partial charge in [-0.15, -0.1) is 5.10 Å². The van der Waals surface area contributed by atoms with Crippen LogP contribution in [0.5, 0.6) is 5.75 Å². The topological polar surface area (TPSA) is 106 Å². The lowest BCUT2D eigenvalue weighted by molar-refractivity contribution is -0.115. The van der Waals surface area contributed by atoms with Crippen molar-refractivity contribution in [2.75, 3.05) is 11.1 Å². The fourth-order valence-electron chi connectivity index (χ4n) is 1.49. The molecule has 1 heterocycles. The first-order valence-corrected chi connectivity index (χ1v) is 7.02. The number of aromatic amines is 1. The third-order valence-corrected chi connectivity index (χ3v) is 3.44. The normalized spacial score (nSPS) is 12.2. The Morgan fingerprint density at radius 2 is 2.09 bits per heavy atom. The Balaban J connectivity index is 1.90.